The van der Waals surface area contributed by atoms with Crippen molar-refractivity contribution in [3.63, 3.8) is 0 Å². The standard InChI is InChI=1S/C14H23NO2/c1-13(2,17-3)8-12(16)14(9-15)7-10-4-5-11(14)6-10/h10-12,16H,4-8H2,1-3H3. The van der Waals surface area contributed by atoms with E-state index in [0.29, 0.717) is 18.3 Å². The summed E-state index contributed by atoms with van der Waals surface area (Å²) in [5, 5.41) is 20.0. The second kappa shape index (κ2) is 4.26. The van der Waals surface area contributed by atoms with Crippen LogP contribution in [0.25, 0.3) is 0 Å². The lowest BCUT2D eigenvalue weighted by Crippen LogP contribution is -2.43. The molecule has 2 fully saturated rings. The molecule has 0 aromatic heterocycles. The lowest BCUT2D eigenvalue weighted by atomic mass is 9.68. The van der Waals surface area contributed by atoms with Gasteiger partial charge >= 0.3 is 0 Å². The van der Waals surface area contributed by atoms with Crippen molar-refractivity contribution in [1.29, 1.82) is 5.26 Å². The molecule has 2 aliphatic rings. The van der Waals surface area contributed by atoms with Gasteiger partial charge in [0.05, 0.1) is 23.2 Å². The number of ether oxygens (including phenoxy) is 1. The Labute approximate surface area is 104 Å². The summed E-state index contributed by atoms with van der Waals surface area (Å²) in [5.74, 6) is 1.07. The molecule has 0 saturated heterocycles. The summed E-state index contributed by atoms with van der Waals surface area (Å²) in [6, 6.07) is 2.45. The van der Waals surface area contributed by atoms with Crippen LogP contribution < -0.4 is 0 Å². The Hall–Kier alpha value is -0.590. The number of hydrogen-bond donors (Lipinski definition) is 1. The minimum absolute atomic E-state index is 0.356. The van der Waals surface area contributed by atoms with Gasteiger partial charge in [0, 0.05) is 13.5 Å². The summed E-state index contributed by atoms with van der Waals surface area (Å²) in [5.41, 5.74) is -0.857. The van der Waals surface area contributed by atoms with E-state index in [4.69, 9.17) is 4.74 Å². The maximum Gasteiger partial charge on any atom is 0.0864 e. The maximum absolute atomic E-state index is 10.5. The van der Waals surface area contributed by atoms with Crippen molar-refractivity contribution < 1.29 is 9.84 Å². The number of hydrogen-bond acceptors (Lipinski definition) is 3. The summed E-state index contributed by atoms with van der Waals surface area (Å²) in [6.07, 6.45) is 4.36. The fourth-order valence-corrected chi connectivity index (χ4v) is 3.72. The molecule has 0 aromatic rings. The van der Waals surface area contributed by atoms with Crippen LogP contribution in [-0.2, 0) is 4.74 Å². The molecule has 0 aromatic carbocycles. The largest absolute Gasteiger partial charge is 0.391 e. The lowest BCUT2D eigenvalue weighted by molar-refractivity contribution is -0.0603. The lowest BCUT2D eigenvalue weighted by Gasteiger charge is -2.38. The predicted octanol–water partition coefficient (Wildman–Crippen LogP) is 2.49. The van der Waals surface area contributed by atoms with Crippen molar-refractivity contribution in [2.45, 2.75) is 57.7 Å². The molecule has 4 unspecified atom stereocenters. The van der Waals surface area contributed by atoms with Crippen LogP contribution in [0, 0.1) is 28.6 Å². The van der Waals surface area contributed by atoms with Crippen LogP contribution in [0.15, 0.2) is 0 Å². The molecule has 0 radical (unpaired) electrons. The van der Waals surface area contributed by atoms with Gasteiger partial charge in [0.15, 0.2) is 0 Å². The van der Waals surface area contributed by atoms with Gasteiger partial charge in [0.2, 0.25) is 0 Å². The molecule has 2 aliphatic carbocycles. The van der Waals surface area contributed by atoms with Gasteiger partial charge in [-0.3, -0.25) is 0 Å². The zero-order chi connectivity index (χ0) is 12.7. The summed E-state index contributed by atoms with van der Waals surface area (Å²) in [7, 11) is 1.66. The molecular weight excluding hydrogens is 214 g/mol. The average Bonchev–Trinajstić information content (AvgIpc) is 2.88. The number of nitrogens with zero attached hydrogens (tertiary/aromatic N) is 1. The zero-order valence-corrected chi connectivity index (χ0v) is 11.1. The first-order chi connectivity index (χ1) is 7.93. The van der Waals surface area contributed by atoms with Gasteiger partial charge in [0.25, 0.3) is 0 Å². The van der Waals surface area contributed by atoms with Gasteiger partial charge < -0.3 is 9.84 Å². The fraction of sp³-hybridized carbons (Fsp3) is 0.929. The van der Waals surface area contributed by atoms with Crippen molar-refractivity contribution in [2.24, 2.45) is 17.3 Å². The van der Waals surface area contributed by atoms with E-state index in [1.54, 1.807) is 7.11 Å². The highest BCUT2D eigenvalue weighted by molar-refractivity contribution is 5.15. The number of aliphatic hydroxyl groups excluding tert-OH is 1. The Bertz CT molecular complexity index is 334. The first kappa shape index (κ1) is 12.9. The number of rotatable bonds is 4. The molecule has 2 bridgehead atoms. The Balaban J connectivity index is 2.12. The van der Waals surface area contributed by atoms with Crippen LogP contribution in [0.3, 0.4) is 0 Å². The highest BCUT2D eigenvalue weighted by atomic mass is 16.5. The molecule has 4 atom stereocenters. The highest BCUT2D eigenvalue weighted by Crippen LogP contribution is 2.58. The van der Waals surface area contributed by atoms with E-state index >= 15 is 0 Å². The third-order valence-electron chi connectivity index (χ3n) is 4.94. The van der Waals surface area contributed by atoms with E-state index in [-0.39, 0.29) is 5.60 Å². The van der Waals surface area contributed by atoms with Crippen LogP contribution in [0.4, 0.5) is 0 Å². The first-order valence-corrected chi connectivity index (χ1v) is 6.58. The smallest absolute Gasteiger partial charge is 0.0864 e. The Kier molecular flexibility index (Phi) is 3.22. The van der Waals surface area contributed by atoms with Crippen LogP contribution >= 0.6 is 0 Å². The molecule has 3 heteroatoms. The van der Waals surface area contributed by atoms with Gasteiger partial charge in [-0.05, 0) is 44.9 Å². The zero-order valence-electron chi connectivity index (χ0n) is 11.1. The minimum Gasteiger partial charge on any atom is -0.391 e. The predicted molar refractivity (Wildman–Crippen MR) is 65.2 cm³/mol. The molecule has 0 amide bonds. The summed E-state index contributed by atoms with van der Waals surface area (Å²) >= 11 is 0. The Morgan fingerprint density at radius 1 is 1.53 bits per heavy atom. The Morgan fingerprint density at radius 2 is 2.24 bits per heavy atom. The van der Waals surface area contributed by atoms with Gasteiger partial charge in [0.1, 0.15) is 0 Å². The molecule has 2 rings (SSSR count). The molecule has 0 aliphatic heterocycles. The second-order valence-corrected chi connectivity index (χ2v) is 6.42. The quantitative estimate of drug-likeness (QED) is 0.817. The van der Waals surface area contributed by atoms with E-state index in [1.165, 1.54) is 6.42 Å². The van der Waals surface area contributed by atoms with E-state index in [9.17, 15) is 10.4 Å². The third kappa shape index (κ3) is 2.09. The van der Waals surface area contributed by atoms with Gasteiger partial charge in [-0.1, -0.05) is 6.42 Å². The minimum atomic E-state index is -0.558. The topological polar surface area (TPSA) is 53.2 Å². The summed E-state index contributed by atoms with van der Waals surface area (Å²) in [4.78, 5) is 0. The van der Waals surface area contributed by atoms with Crippen molar-refractivity contribution in [3.05, 3.63) is 0 Å². The monoisotopic (exact) mass is 237 g/mol. The summed E-state index contributed by atoms with van der Waals surface area (Å²) < 4.78 is 5.37. The molecule has 2 saturated carbocycles. The van der Waals surface area contributed by atoms with Crippen molar-refractivity contribution in [3.8, 4) is 6.07 Å². The molecular formula is C14H23NO2. The third-order valence-corrected chi connectivity index (χ3v) is 4.94. The number of aliphatic hydroxyl groups is 1. The number of fused-ring (bicyclic) bond motifs is 2. The van der Waals surface area contributed by atoms with Crippen molar-refractivity contribution in [2.75, 3.05) is 7.11 Å². The van der Waals surface area contributed by atoms with Crippen molar-refractivity contribution >= 4 is 0 Å². The van der Waals surface area contributed by atoms with Crippen LogP contribution in [0.5, 0.6) is 0 Å². The molecule has 1 N–H and O–H groups in total. The van der Waals surface area contributed by atoms with Crippen LogP contribution in [-0.4, -0.2) is 23.9 Å². The second-order valence-electron chi connectivity index (χ2n) is 6.42. The SMILES string of the molecule is COC(C)(C)CC(O)C1(C#N)CC2CCC1C2. The molecule has 0 heterocycles. The van der Waals surface area contributed by atoms with E-state index in [1.807, 2.05) is 13.8 Å². The molecule has 96 valence electrons. The van der Waals surface area contributed by atoms with E-state index < -0.39 is 11.5 Å². The fourth-order valence-electron chi connectivity index (χ4n) is 3.72. The number of methoxy groups -OCH3 is 1. The maximum atomic E-state index is 10.5. The first-order valence-electron chi connectivity index (χ1n) is 6.58. The highest BCUT2D eigenvalue weighted by Gasteiger charge is 2.55. The van der Waals surface area contributed by atoms with E-state index in [0.717, 1.165) is 19.3 Å². The van der Waals surface area contributed by atoms with Crippen LogP contribution in [0.2, 0.25) is 0 Å². The normalized spacial score (nSPS) is 38.1. The van der Waals surface area contributed by atoms with Gasteiger partial charge in [-0.25, -0.2) is 0 Å². The van der Waals surface area contributed by atoms with E-state index in [2.05, 4.69) is 6.07 Å². The molecule has 0 spiro atoms. The molecule has 17 heavy (non-hydrogen) atoms. The van der Waals surface area contributed by atoms with Gasteiger partial charge in [-0.15, -0.1) is 0 Å². The Morgan fingerprint density at radius 3 is 2.65 bits per heavy atom. The molecule has 3 nitrogen and oxygen atoms in total. The van der Waals surface area contributed by atoms with Crippen LogP contribution in [0.1, 0.15) is 46.0 Å². The number of nitriles is 1. The average molecular weight is 237 g/mol. The summed E-state index contributed by atoms with van der Waals surface area (Å²) in [6.45, 7) is 3.93. The van der Waals surface area contributed by atoms with Gasteiger partial charge in [-0.2, -0.15) is 5.26 Å². The van der Waals surface area contributed by atoms with Crippen molar-refractivity contribution in [1.82, 2.24) is 0 Å².